The fourth-order valence-electron chi connectivity index (χ4n) is 4.82. The fraction of sp³-hybridized carbons (Fsp3) is 0.393. The molecule has 0 radical (unpaired) electrons. The van der Waals surface area contributed by atoms with Gasteiger partial charge in [0, 0.05) is 37.9 Å². The Morgan fingerprint density at radius 1 is 1.05 bits per heavy atom. The van der Waals surface area contributed by atoms with Crippen LogP contribution >= 0.6 is 11.3 Å². The second-order valence-electron chi connectivity index (χ2n) is 10.5. The lowest BCUT2D eigenvalue weighted by molar-refractivity contribution is -0.120. The molecule has 0 aliphatic carbocycles. The lowest BCUT2D eigenvalue weighted by Crippen LogP contribution is -2.38. The molecule has 2 aromatic heterocycles. The molecule has 1 saturated heterocycles. The molecule has 236 valence electrons. The van der Waals surface area contributed by atoms with Crippen molar-refractivity contribution in [2.24, 2.45) is 5.14 Å². The first kappa shape index (κ1) is 32.1. The Kier molecular flexibility index (Phi) is 10.1. The van der Waals surface area contributed by atoms with Gasteiger partial charge in [-0.25, -0.2) is 31.3 Å². The van der Waals surface area contributed by atoms with E-state index >= 15 is 0 Å². The minimum Gasteiger partial charge on any atom is -0.379 e. The normalized spacial score (nSPS) is 15.4. The molecule has 4 aromatic rings. The van der Waals surface area contributed by atoms with Crippen LogP contribution in [0.4, 0.5) is 4.39 Å². The van der Waals surface area contributed by atoms with Crippen molar-refractivity contribution in [2.45, 2.75) is 24.2 Å². The molecule has 1 amide bonds. The number of thiazole rings is 1. The van der Waals surface area contributed by atoms with E-state index in [1.807, 2.05) is 23.0 Å². The van der Waals surface area contributed by atoms with Crippen LogP contribution in [0.5, 0.6) is 0 Å². The van der Waals surface area contributed by atoms with Crippen LogP contribution in [0.3, 0.4) is 0 Å². The van der Waals surface area contributed by atoms with Crippen LogP contribution in [-0.2, 0) is 48.4 Å². The van der Waals surface area contributed by atoms with Gasteiger partial charge in [-0.15, -0.1) is 11.3 Å². The summed E-state index contributed by atoms with van der Waals surface area (Å²) in [4.78, 5) is 20.1. The number of benzene rings is 2. The van der Waals surface area contributed by atoms with Crippen LogP contribution in [0.1, 0.15) is 21.4 Å². The van der Waals surface area contributed by atoms with Crippen LogP contribution < -0.4 is 10.5 Å². The molecule has 16 heteroatoms. The van der Waals surface area contributed by atoms with Gasteiger partial charge in [0.15, 0.2) is 15.1 Å². The van der Waals surface area contributed by atoms with Crippen molar-refractivity contribution < 1.29 is 30.8 Å². The van der Waals surface area contributed by atoms with E-state index in [2.05, 4.69) is 20.3 Å². The third-order valence-corrected chi connectivity index (χ3v) is 11.1. The highest BCUT2D eigenvalue weighted by Gasteiger charge is 2.37. The number of primary sulfonamides is 1. The molecule has 1 fully saturated rings. The molecule has 0 saturated carbocycles. The molecule has 0 spiro atoms. The number of nitrogens with one attached hydrogen (secondary N) is 1. The summed E-state index contributed by atoms with van der Waals surface area (Å²) in [5.41, 5.74) is 3.02. The van der Waals surface area contributed by atoms with E-state index in [1.165, 1.54) is 24.3 Å². The Hall–Kier alpha value is -3.28. The van der Waals surface area contributed by atoms with Gasteiger partial charge in [0.1, 0.15) is 11.7 Å². The summed E-state index contributed by atoms with van der Waals surface area (Å²) in [7, 11) is -8.08. The maximum atomic E-state index is 13.7. The summed E-state index contributed by atoms with van der Waals surface area (Å²) in [6, 6.07) is 11.4. The monoisotopic (exact) mass is 664 g/mol. The zero-order valence-electron chi connectivity index (χ0n) is 23.8. The van der Waals surface area contributed by atoms with Crippen molar-refractivity contribution in [3.63, 3.8) is 0 Å². The van der Waals surface area contributed by atoms with Gasteiger partial charge in [0.2, 0.25) is 15.9 Å². The number of hydrogen-bond acceptors (Lipinski definition) is 10. The van der Waals surface area contributed by atoms with E-state index in [4.69, 9.17) is 9.88 Å². The number of ether oxygens (including phenoxy) is 1. The van der Waals surface area contributed by atoms with E-state index in [0.29, 0.717) is 21.3 Å². The van der Waals surface area contributed by atoms with Gasteiger partial charge in [-0.3, -0.25) is 14.4 Å². The average molecular weight is 665 g/mol. The van der Waals surface area contributed by atoms with Crippen molar-refractivity contribution in [1.82, 2.24) is 25.0 Å². The summed E-state index contributed by atoms with van der Waals surface area (Å²) in [5.74, 6) is -1.97. The maximum Gasteiger partial charge on any atom is 0.245 e. The molecule has 2 aromatic carbocycles. The third-order valence-electron chi connectivity index (χ3n) is 7.17. The van der Waals surface area contributed by atoms with E-state index in [9.17, 15) is 26.0 Å². The Morgan fingerprint density at radius 3 is 2.48 bits per heavy atom. The largest absolute Gasteiger partial charge is 0.379 e. The number of nitrogens with zero attached hydrogens (tertiary/aromatic N) is 4. The standard InChI is InChI=1S/C28H33FN6O6S3/c29-16-20-1-3-21(4-2-20)19-43(37,38)26(27(36)31-7-14-44(30,39)40)28-33-24-6-5-22(15-25(24)42-28)23-17-32-35(18-23)9-8-34-10-12-41-13-11-34/h1-6,15,17-18,26H,7-14,16,19H2,(H,31,36)(H2,30,39,40). The number of alkyl halides is 1. The molecule has 1 aliphatic rings. The maximum absolute atomic E-state index is 13.7. The van der Waals surface area contributed by atoms with Crippen LogP contribution in [-0.4, -0.2) is 87.6 Å². The molecule has 12 nitrogen and oxygen atoms in total. The molecule has 5 rings (SSSR count). The zero-order chi connectivity index (χ0) is 31.3. The highest BCUT2D eigenvalue weighted by Crippen LogP contribution is 2.35. The van der Waals surface area contributed by atoms with E-state index in [1.54, 1.807) is 12.3 Å². The molecular formula is C28H33FN6O6S3. The van der Waals surface area contributed by atoms with Crippen LogP contribution in [0.2, 0.25) is 0 Å². The fourth-order valence-corrected chi connectivity index (χ4v) is 8.37. The summed E-state index contributed by atoms with van der Waals surface area (Å²) in [6.45, 7) is 3.78. The number of halogens is 1. The number of carbonyl (C=O) groups is 1. The van der Waals surface area contributed by atoms with E-state index in [0.717, 1.165) is 61.9 Å². The highest BCUT2D eigenvalue weighted by atomic mass is 32.2. The number of amides is 1. The molecule has 44 heavy (non-hydrogen) atoms. The highest BCUT2D eigenvalue weighted by molar-refractivity contribution is 7.91. The summed E-state index contributed by atoms with van der Waals surface area (Å²) in [5, 5.41) is 10.3. The zero-order valence-corrected chi connectivity index (χ0v) is 26.2. The SMILES string of the molecule is NS(=O)(=O)CCNC(=O)C(c1nc2ccc(-c3cnn(CCN4CCOCC4)c3)cc2s1)S(=O)(=O)Cc1ccc(CF)cc1. The van der Waals surface area contributed by atoms with E-state index < -0.39 is 49.2 Å². The van der Waals surface area contributed by atoms with Crippen LogP contribution in [0.25, 0.3) is 21.3 Å². The van der Waals surface area contributed by atoms with Gasteiger partial charge in [0.05, 0.1) is 47.7 Å². The quantitative estimate of drug-likeness (QED) is 0.217. The number of nitrogens with two attached hydrogens (primary N) is 1. The number of hydrogen-bond donors (Lipinski definition) is 2. The van der Waals surface area contributed by atoms with Gasteiger partial charge in [-0.05, 0) is 28.8 Å². The Balaban J connectivity index is 1.39. The van der Waals surface area contributed by atoms with Gasteiger partial charge in [-0.2, -0.15) is 5.10 Å². The smallest absolute Gasteiger partial charge is 0.245 e. The Bertz CT molecular complexity index is 1820. The van der Waals surface area contributed by atoms with Crippen molar-refractivity contribution in [3.05, 3.63) is 71.0 Å². The lowest BCUT2D eigenvalue weighted by atomic mass is 10.1. The van der Waals surface area contributed by atoms with E-state index in [-0.39, 0.29) is 11.6 Å². The van der Waals surface area contributed by atoms with Crippen molar-refractivity contribution >= 4 is 47.3 Å². The molecule has 1 aliphatic heterocycles. The summed E-state index contributed by atoms with van der Waals surface area (Å²) >= 11 is 1.07. The second-order valence-corrected chi connectivity index (χ2v) is 15.4. The number of rotatable bonds is 13. The summed E-state index contributed by atoms with van der Waals surface area (Å²) < 4.78 is 71.0. The predicted molar refractivity (Wildman–Crippen MR) is 166 cm³/mol. The first-order valence-electron chi connectivity index (χ1n) is 13.9. The molecule has 1 unspecified atom stereocenters. The molecular weight excluding hydrogens is 632 g/mol. The molecule has 3 N–H and O–H groups in total. The van der Waals surface area contributed by atoms with Crippen LogP contribution in [0.15, 0.2) is 54.9 Å². The number of carbonyl (C=O) groups excluding carboxylic acids is 1. The molecule has 1 atom stereocenters. The Labute approximate surface area is 259 Å². The van der Waals surface area contributed by atoms with Crippen molar-refractivity contribution in [2.75, 3.05) is 45.1 Å². The van der Waals surface area contributed by atoms with Gasteiger partial charge in [-0.1, -0.05) is 30.3 Å². The minimum atomic E-state index is -4.20. The van der Waals surface area contributed by atoms with Gasteiger partial charge >= 0.3 is 0 Å². The predicted octanol–water partition coefficient (Wildman–Crippen LogP) is 2.02. The first-order chi connectivity index (χ1) is 21.0. The van der Waals surface area contributed by atoms with Gasteiger partial charge < -0.3 is 10.1 Å². The van der Waals surface area contributed by atoms with Crippen LogP contribution in [0, 0.1) is 0 Å². The first-order valence-corrected chi connectivity index (χ1v) is 18.1. The number of sulfone groups is 1. The van der Waals surface area contributed by atoms with Crippen molar-refractivity contribution in [1.29, 1.82) is 0 Å². The topological polar surface area (TPSA) is 167 Å². The third kappa shape index (κ3) is 8.25. The Morgan fingerprint density at radius 2 is 1.77 bits per heavy atom. The number of sulfonamides is 1. The molecule has 3 heterocycles. The van der Waals surface area contributed by atoms with Crippen molar-refractivity contribution in [3.8, 4) is 11.1 Å². The molecule has 0 bridgehead atoms. The van der Waals surface area contributed by atoms with Gasteiger partial charge in [0.25, 0.3) is 0 Å². The average Bonchev–Trinajstić information content (AvgIpc) is 3.63. The number of morpholine rings is 1. The number of aromatic nitrogens is 3. The number of fused-ring (bicyclic) bond motifs is 1. The summed E-state index contributed by atoms with van der Waals surface area (Å²) in [6.07, 6.45) is 3.72. The minimum absolute atomic E-state index is 0.0480. The lowest BCUT2D eigenvalue weighted by Gasteiger charge is -2.26. The second kappa shape index (κ2) is 13.8.